The molecule has 17 heavy (non-hydrogen) atoms. The summed E-state index contributed by atoms with van der Waals surface area (Å²) in [6.07, 6.45) is 0.766. The Balaban J connectivity index is 2.42. The Kier molecular flexibility index (Phi) is 5.56. The third kappa shape index (κ3) is 4.48. The third-order valence-corrected chi connectivity index (χ3v) is 2.24. The molecule has 0 saturated heterocycles. The van der Waals surface area contributed by atoms with Crippen LogP contribution in [0.25, 0.3) is 0 Å². The van der Waals surface area contributed by atoms with Gasteiger partial charge in [0.1, 0.15) is 11.6 Å². The molecule has 0 atom stereocenters. The molecule has 3 nitrogen and oxygen atoms in total. The summed E-state index contributed by atoms with van der Waals surface area (Å²) in [6.45, 7) is 4.12. The molecule has 0 fully saturated rings. The molecule has 2 N–H and O–H groups in total. The van der Waals surface area contributed by atoms with E-state index in [4.69, 9.17) is 0 Å². The average Bonchev–Trinajstić information content (AvgIpc) is 2.28. The topological polar surface area (TPSA) is 41.1 Å². The van der Waals surface area contributed by atoms with Crippen LogP contribution >= 0.6 is 0 Å². The fourth-order valence-corrected chi connectivity index (χ4v) is 1.36. The van der Waals surface area contributed by atoms with E-state index >= 15 is 0 Å². The molecule has 5 heteroatoms. The molecular formula is C12H16F2N2O. The number of nitrogens with one attached hydrogen (secondary N) is 2. The second-order valence-electron chi connectivity index (χ2n) is 3.59. The minimum absolute atomic E-state index is 0.130. The van der Waals surface area contributed by atoms with Gasteiger partial charge in [0.25, 0.3) is 5.91 Å². The largest absolute Gasteiger partial charge is 0.352 e. The van der Waals surface area contributed by atoms with Gasteiger partial charge in [0.15, 0.2) is 0 Å². The molecule has 0 aliphatic heterocycles. The van der Waals surface area contributed by atoms with Gasteiger partial charge >= 0.3 is 0 Å². The van der Waals surface area contributed by atoms with Crippen molar-refractivity contribution >= 4 is 5.91 Å². The first kappa shape index (κ1) is 13.6. The molecule has 1 aromatic rings. The fourth-order valence-electron chi connectivity index (χ4n) is 1.36. The van der Waals surface area contributed by atoms with Gasteiger partial charge < -0.3 is 10.6 Å². The third-order valence-electron chi connectivity index (χ3n) is 2.24. The molecule has 0 aliphatic carbocycles. The van der Waals surface area contributed by atoms with Crippen molar-refractivity contribution in [2.24, 2.45) is 0 Å². The predicted molar refractivity (Wildman–Crippen MR) is 61.9 cm³/mol. The number of hydrogen-bond donors (Lipinski definition) is 2. The van der Waals surface area contributed by atoms with Gasteiger partial charge in [0.05, 0.1) is 5.56 Å². The van der Waals surface area contributed by atoms with Gasteiger partial charge in [-0.15, -0.1) is 0 Å². The van der Waals surface area contributed by atoms with Crippen LogP contribution in [0.5, 0.6) is 0 Å². The van der Waals surface area contributed by atoms with E-state index in [1.165, 1.54) is 0 Å². The summed E-state index contributed by atoms with van der Waals surface area (Å²) in [7, 11) is 0. The van der Waals surface area contributed by atoms with Crippen LogP contribution in [0.3, 0.4) is 0 Å². The van der Waals surface area contributed by atoms with Crippen LogP contribution in [0.15, 0.2) is 18.2 Å². The summed E-state index contributed by atoms with van der Waals surface area (Å²) in [5.74, 6) is -2.04. The quantitative estimate of drug-likeness (QED) is 0.745. The van der Waals surface area contributed by atoms with Crippen molar-refractivity contribution < 1.29 is 13.6 Å². The Morgan fingerprint density at radius 3 is 2.71 bits per heavy atom. The van der Waals surface area contributed by atoms with Crippen LogP contribution in [0, 0.1) is 11.6 Å². The average molecular weight is 242 g/mol. The number of amides is 1. The number of carbonyl (C=O) groups excluding carboxylic acids is 1. The van der Waals surface area contributed by atoms with Crippen molar-refractivity contribution in [1.82, 2.24) is 10.6 Å². The maximum atomic E-state index is 13.2. The Morgan fingerprint density at radius 2 is 2.06 bits per heavy atom. The van der Waals surface area contributed by atoms with E-state index in [9.17, 15) is 13.6 Å². The molecule has 0 aromatic heterocycles. The first-order chi connectivity index (χ1) is 8.15. The zero-order chi connectivity index (χ0) is 12.7. The minimum Gasteiger partial charge on any atom is -0.352 e. The lowest BCUT2D eigenvalue weighted by Crippen LogP contribution is -2.28. The number of rotatable bonds is 6. The van der Waals surface area contributed by atoms with Crippen molar-refractivity contribution in [3.8, 4) is 0 Å². The van der Waals surface area contributed by atoms with Gasteiger partial charge in [-0.25, -0.2) is 8.78 Å². The summed E-state index contributed by atoms with van der Waals surface area (Å²) in [5.41, 5.74) is -0.130. The Morgan fingerprint density at radius 1 is 1.29 bits per heavy atom. The van der Waals surface area contributed by atoms with Crippen LogP contribution in [0.4, 0.5) is 8.78 Å². The van der Waals surface area contributed by atoms with E-state index in [1.807, 2.05) is 6.92 Å². The van der Waals surface area contributed by atoms with Gasteiger partial charge in [-0.05, 0) is 31.6 Å². The molecular weight excluding hydrogens is 226 g/mol. The van der Waals surface area contributed by atoms with Crippen molar-refractivity contribution in [3.05, 3.63) is 35.4 Å². The summed E-state index contributed by atoms with van der Waals surface area (Å²) in [5, 5.41) is 5.68. The first-order valence-electron chi connectivity index (χ1n) is 5.59. The molecule has 0 bridgehead atoms. The van der Waals surface area contributed by atoms with Gasteiger partial charge in [-0.3, -0.25) is 4.79 Å². The highest BCUT2D eigenvalue weighted by molar-refractivity contribution is 5.94. The molecule has 1 rings (SSSR count). The maximum absolute atomic E-state index is 13.2. The molecule has 0 saturated carbocycles. The highest BCUT2D eigenvalue weighted by Gasteiger charge is 2.11. The molecule has 0 spiro atoms. The van der Waals surface area contributed by atoms with E-state index in [2.05, 4.69) is 10.6 Å². The van der Waals surface area contributed by atoms with Crippen molar-refractivity contribution in [2.45, 2.75) is 13.3 Å². The Bertz CT molecular complexity index is 383. The molecule has 1 amide bonds. The van der Waals surface area contributed by atoms with Gasteiger partial charge in [-0.1, -0.05) is 6.92 Å². The Hall–Kier alpha value is -1.49. The van der Waals surface area contributed by atoms with Crippen LogP contribution < -0.4 is 10.6 Å². The number of benzene rings is 1. The zero-order valence-electron chi connectivity index (χ0n) is 9.72. The van der Waals surface area contributed by atoms with E-state index in [0.29, 0.717) is 12.6 Å². The lowest BCUT2D eigenvalue weighted by atomic mass is 10.2. The van der Waals surface area contributed by atoms with E-state index < -0.39 is 17.5 Å². The van der Waals surface area contributed by atoms with E-state index in [-0.39, 0.29) is 5.56 Å². The smallest absolute Gasteiger partial charge is 0.254 e. The summed E-state index contributed by atoms with van der Waals surface area (Å²) in [6, 6.07) is 2.91. The molecule has 0 unspecified atom stereocenters. The predicted octanol–water partition coefficient (Wildman–Crippen LogP) is 1.69. The molecule has 0 radical (unpaired) electrons. The second kappa shape index (κ2) is 6.96. The normalized spacial score (nSPS) is 10.3. The lowest BCUT2D eigenvalue weighted by molar-refractivity contribution is 0.0949. The summed E-state index contributed by atoms with van der Waals surface area (Å²) < 4.78 is 25.8. The van der Waals surface area contributed by atoms with Crippen LogP contribution in [-0.2, 0) is 0 Å². The number of halogens is 2. The summed E-state index contributed by atoms with van der Waals surface area (Å²) in [4.78, 5) is 11.5. The van der Waals surface area contributed by atoms with Crippen LogP contribution in [-0.4, -0.2) is 25.5 Å². The monoisotopic (exact) mass is 242 g/mol. The lowest BCUT2D eigenvalue weighted by Gasteiger charge is -2.06. The maximum Gasteiger partial charge on any atom is 0.254 e. The van der Waals surface area contributed by atoms with Crippen molar-refractivity contribution in [2.75, 3.05) is 19.6 Å². The van der Waals surface area contributed by atoms with Gasteiger partial charge in [0, 0.05) is 12.6 Å². The number of carbonyl (C=O) groups is 1. The Labute approximate surface area is 99.2 Å². The van der Waals surface area contributed by atoms with Crippen LogP contribution in [0.2, 0.25) is 0 Å². The van der Waals surface area contributed by atoms with Crippen molar-refractivity contribution in [3.63, 3.8) is 0 Å². The second-order valence-corrected chi connectivity index (χ2v) is 3.59. The fraction of sp³-hybridized carbons (Fsp3) is 0.417. The zero-order valence-corrected chi connectivity index (χ0v) is 9.72. The van der Waals surface area contributed by atoms with Crippen LogP contribution in [0.1, 0.15) is 23.7 Å². The highest BCUT2D eigenvalue weighted by atomic mass is 19.1. The first-order valence-corrected chi connectivity index (χ1v) is 5.59. The molecule has 0 heterocycles. The minimum atomic E-state index is -0.839. The molecule has 94 valence electrons. The van der Waals surface area contributed by atoms with E-state index in [0.717, 1.165) is 31.6 Å². The molecule has 0 aliphatic rings. The number of hydrogen-bond acceptors (Lipinski definition) is 2. The highest BCUT2D eigenvalue weighted by Crippen LogP contribution is 2.09. The molecule has 1 aromatic carbocycles. The standard InChI is InChI=1S/C12H16F2N2O/c1-2-15-6-3-7-16-12(17)10-5-4-9(13)8-11(10)14/h4-5,8,15H,2-3,6-7H2,1H3,(H,16,17). The van der Waals surface area contributed by atoms with Gasteiger partial charge in [-0.2, -0.15) is 0 Å². The van der Waals surface area contributed by atoms with E-state index in [1.54, 1.807) is 0 Å². The SMILES string of the molecule is CCNCCCNC(=O)c1ccc(F)cc1F. The summed E-state index contributed by atoms with van der Waals surface area (Å²) >= 11 is 0. The van der Waals surface area contributed by atoms with Crippen molar-refractivity contribution in [1.29, 1.82) is 0 Å². The van der Waals surface area contributed by atoms with Gasteiger partial charge in [0.2, 0.25) is 0 Å².